The normalized spacial score (nSPS) is 15.1. The van der Waals surface area contributed by atoms with Gasteiger partial charge in [0.25, 0.3) is 23.6 Å². The van der Waals surface area contributed by atoms with Gasteiger partial charge < -0.3 is 24.0 Å². The Morgan fingerprint density at radius 3 is 1.25 bits per heavy atom. The number of amides is 4. The van der Waals surface area contributed by atoms with Gasteiger partial charge in [-0.2, -0.15) is 0 Å². The van der Waals surface area contributed by atoms with Crippen LogP contribution in [0.1, 0.15) is 46.4 Å². The first kappa shape index (κ1) is 52.4. The van der Waals surface area contributed by atoms with Crippen molar-refractivity contribution in [2.24, 2.45) is 0 Å². The molecule has 72 heavy (non-hydrogen) atoms. The van der Waals surface area contributed by atoms with Crippen molar-refractivity contribution in [1.29, 1.82) is 0 Å². The lowest BCUT2D eigenvalue weighted by atomic mass is 9.98. The molecule has 0 spiro atoms. The Bertz CT molecular complexity index is 3100. The molecule has 0 atom stereocenters. The summed E-state index contributed by atoms with van der Waals surface area (Å²) < 4.78 is 65.4. The Hall–Kier alpha value is -7.40. The zero-order chi connectivity index (χ0) is 51.7. The number of anilines is 2. The molecule has 0 bridgehead atoms. The van der Waals surface area contributed by atoms with E-state index in [2.05, 4.69) is 9.97 Å². The molecule has 376 valence electrons. The third-order valence-electron chi connectivity index (χ3n) is 12.8. The van der Waals surface area contributed by atoms with Crippen LogP contribution in [0.5, 0.6) is 5.75 Å². The average Bonchev–Trinajstić information content (AvgIpc) is 3.44. The highest BCUT2D eigenvalue weighted by atomic mass is 32.2. The lowest BCUT2D eigenvalue weighted by Gasteiger charge is -2.34. The number of hydrogen-bond acceptors (Lipinski definition) is 15. The van der Waals surface area contributed by atoms with Crippen LogP contribution < -0.4 is 25.5 Å². The number of rotatable bonds is 13. The first-order valence-electron chi connectivity index (χ1n) is 22.5. The van der Waals surface area contributed by atoms with Crippen molar-refractivity contribution in [3.05, 3.63) is 151 Å². The maximum Gasteiger partial charge on any atom is 0.265 e. The van der Waals surface area contributed by atoms with Crippen molar-refractivity contribution in [2.45, 2.75) is 45.0 Å². The predicted octanol–water partition coefficient (Wildman–Crippen LogP) is 5.72. The molecular formula is C51H52N6O13S2. The molecule has 6 aromatic rings. The van der Waals surface area contributed by atoms with Crippen LogP contribution in [-0.4, -0.2) is 118 Å². The summed E-state index contributed by atoms with van der Waals surface area (Å²) in [6, 6.07) is 35.9. The SMILES string of the molecule is CN(C(=O)c1ccc(-c2ccc(S(=O)(=O)C3(C(=O)NO)CCOCC3)cn2)cc1)c1ccccc1.COc1ccc(N(C)C(=O)c2ccc(-c3ccc(S(=O)(=O)C4(C(=O)NO)CCOCC4)cn3)cc2)cc1. The molecule has 2 fully saturated rings. The minimum atomic E-state index is -4.16. The molecule has 2 aliphatic heterocycles. The van der Waals surface area contributed by atoms with E-state index in [9.17, 15) is 41.2 Å². The van der Waals surface area contributed by atoms with E-state index in [0.717, 1.165) is 5.69 Å². The number of para-hydroxylation sites is 1. The number of ether oxygens (including phenoxy) is 3. The largest absolute Gasteiger partial charge is 0.497 e. The van der Waals surface area contributed by atoms with Crippen molar-refractivity contribution in [2.75, 3.05) is 57.4 Å². The highest BCUT2D eigenvalue weighted by Gasteiger charge is 2.53. The number of hydrogen-bond donors (Lipinski definition) is 4. The summed E-state index contributed by atoms with van der Waals surface area (Å²) in [6.45, 7) is 0.332. The number of benzene rings is 4. The fourth-order valence-corrected chi connectivity index (χ4v) is 12.1. The summed E-state index contributed by atoms with van der Waals surface area (Å²) in [4.78, 5) is 61.9. The highest BCUT2D eigenvalue weighted by molar-refractivity contribution is 7.94. The van der Waals surface area contributed by atoms with Gasteiger partial charge in [0, 0.05) is 86.5 Å². The summed E-state index contributed by atoms with van der Waals surface area (Å²) in [5.74, 6) is -1.64. The second-order valence-corrected chi connectivity index (χ2v) is 21.3. The number of nitrogens with zero attached hydrogens (tertiary/aromatic N) is 4. The molecule has 0 radical (unpaired) electrons. The molecule has 2 aromatic heterocycles. The topological polar surface area (TPSA) is 261 Å². The molecule has 4 amide bonds. The summed E-state index contributed by atoms with van der Waals surface area (Å²) in [5, 5.41) is 18.4. The summed E-state index contributed by atoms with van der Waals surface area (Å²) in [5.41, 5.74) is 7.83. The van der Waals surface area contributed by atoms with Crippen LogP contribution >= 0.6 is 0 Å². The molecule has 4 aromatic carbocycles. The fraction of sp³-hybridized carbons (Fsp3) is 0.255. The Labute approximate surface area is 416 Å². The maximum atomic E-state index is 13.4. The fourth-order valence-electron chi connectivity index (χ4n) is 8.36. The van der Waals surface area contributed by atoms with Gasteiger partial charge >= 0.3 is 0 Å². The lowest BCUT2D eigenvalue weighted by molar-refractivity contribution is -0.135. The van der Waals surface area contributed by atoms with E-state index in [1.165, 1.54) is 46.5 Å². The number of hydroxylamine groups is 2. The Morgan fingerprint density at radius 2 is 0.917 bits per heavy atom. The molecule has 2 aliphatic rings. The molecule has 4 N–H and O–H groups in total. The van der Waals surface area contributed by atoms with E-state index >= 15 is 0 Å². The van der Waals surface area contributed by atoms with Crippen LogP contribution in [0.15, 0.2) is 150 Å². The third kappa shape index (κ3) is 10.5. The van der Waals surface area contributed by atoms with Crippen LogP contribution in [0.25, 0.3) is 22.5 Å². The monoisotopic (exact) mass is 1020 g/mol. The predicted molar refractivity (Wildman–Crippen MR) is 264 cm³/mol. The van der Waals surface area contributed by atoms with E-state index in [-0.39, 0.29) is 73.7 Å². The van der Waals surface area contributed by atoms with Gasteiger partial charge in [-0.25, -0.2) is 27.8 Å². The van der Waals surface area contributed by atoms with E-state index < -0.39 is 41.0 Å². The molecule has 0 unspecified atom stereocenters. The molecule has 0 aliphatic carbocycles. The highest BCUT2D eigenvalue weighted by Crippen LogP contribution is 2.37. The molecule has 0 saturated carbocycles. The van der Waals surface area contributed by atoms with Crippen molar-refractivity contribution >= 4 is 54.7 Å². The molecule has 19 nitrogen and oxygen atoms in total. The Kier molecular flexibility index (Phi) is 16.3. The smallest absolute Gasteiger partial charge is 0.265 e. The molecule has 2 saturated heterocycles. The van der Waals surface area contributed by atoms with Gasteiger partial charge in [0.15, 0.2) is 29.2 Å². The minimum Gasteiger partial charge on any atom is -0.497 e. The number of pyridine rings is 2. The van der Waals surface area contributed by atoms with Crippen LogP contribution in [-0.2, 0) is 38.7 Å². The second kappa shape index (κ2) is 22.4. The average molecular weight is 1020 g/mol. The van der Waals surface area contributed by atoms with Crippen LogP contribution in [0, 0.1) is 0 Å². The number of sulfone groups is 2. The van der Waals surface area contributed by atoms with E-state index in [1.807, 2.05) is 30.3 Å². The van der Waals surface area contributed by atoms with Gasteiger partial charge in [0.05, 0.1) is 28.3 Å². The first-order chi connectivity index (χ1) is 34.5. The Morgan fingerprint density at radius 1 is 0.542 bits per heavy atom. The van der Waals surface area contributed by atoms with Crippen molar-refractivity contribution in [3.63, 3.8) is 0 Å². The second-order valence-electron chi connectivity index (χ2n) is 16.8. The van der Waals surface area contributed by atoms with Gasteiger partial charge in [-0.05, 0) is 111 Å². The first-order valence-corrected chi connectivity index (χ1v) is 25.4. The van der Waals surface area contributed by atoms with Crippen molar-refractivity contribution in [3.8, 4) is 28.3 Å². The van der Waals surface area contributed by atoms with Gasteiger partial charge in [-0.1, -0.05) is 42.5 Å². The quantitative estimate of drug-likeness (QED) is 0.0797. The number of carbonyl (C=O) groups excluding carboxylic acids is 4. The van der Waals surface area contributed by atoms with Crippen LogP contribution in [0.2, 0.25) is 0 Å². The van der Waals surface area contributed by atoms with Gasteiger partial charge in [0.2, 0.25) is 0 Å². The summed E-state index contributed by atoms with van der Waals surface area (Å²) in [6.07, 6.45) is 2.10. The standard InChI is InChI=1S/C26H27N3O7S.C25H25N3O6S/c1-29(20-7-9-21(35-2)10-8-20)24(30)19-5-3-18(4-6-19)23-12-11-22(17-27-23)37(33,34)26(25(31)28-32)13-15-36-16-14-26;1-28(20-5-3-2-4-6-20)23(29)19-9-7-18(8-10-19)22-12-11-21(17-26-22)35(32,33)25(24(30)27-31)13-15-34-16-14-25/h3-12,17,32H,13-16H2,1-2H3,(H,28,31);2-12,17,31H,13-16H2,1H3,(H,27,30). The number of nitrogens with one attached hydrogen (secondary N) is 2. The van der Waals surface area contributed by atoms with Crippen LogP contribution in [0.3, 0.4) is 0 Å². The van der Waals surface area contributed by atoms with Crippen molar-refractivity contribution in [1.82, 2.24) is 20.9 Å². The molecule has 8 rings (SSSR count). The summed E-state index contributed by atoms with van der Waals surface area (Å²) >= 11 is 0. The van der Waals surface area contributed by atoms with E-state index in [1.54, 1.807) is 105 Å². The molecule has 21 heteroatoms. The Balaban J connectivity index is 0.000000212. The van der Waals surface area contributed by atoms with E-state index in [0.29, 0.717) is 45.1 Å². The van der Waals surface area contributed by atoms with Gasteiger partial charge in [-0.3, -0.25) is 39.6 Å². The van der Waals surface area contributed by atoms with Crippen LogP contribution in [0.4, 0.5) is 11.4 Å². The number of aromatic nitrogens is 2. The van der Waals surface area contributed by atoms with Gasteiger partial charge in [0.1, 0.15) is 5.75 Å². The third-order valence-corrected chi connectivity index (χ3v) is 17.8. The lowest BCUT2D eigenvalue weighted by Crippen LogP contribution is -2.54. The van der Waals surface area contributed by atoms with Gasteiger partial charge in [-0.15, -0.1) is 0 Å². The number of carbonyl (C=O) groups is 4. The molecular weight excluding hydrogens is 969 g/mol. The zero-order valence-electron chi connectivity index (χ0n) is 39.4. The van der Waals surface area contributed by atoms with Crippen molar-refractivity contribution < 1.29 is 60.6 Å². The minimum absolute atomic E-state index is 0.0730. The number of methoxy groups -OCH3 is 1. The zero-order valence-corrected chi connectivity index (χ0v) is 41.1. The maximum absolute atomic E-state index is 13.4. The van der Waals surface area contributed by atoms with E-state index in [4.69, 9.17) is 19.4 Å². The summed E-state index contributed by atoms with van der Waals surface area (Å²) in [7, 11) is -3.36. The molecule has 4 heterocycles.